The first kappa shape index (κ1) is 60.1. The van der Waals surface area contributed by atoms with E-state index in [1.54, 1.807) is 0 Å². The SMILES string of the molecule is O.O.O.[Cl-].[Cl-].[Cl][Pd][Cl].[K+].[K+]. The summed E-state index contributed by atoms with van der Waals surface area (Å²) >= 11 is -0.106. The Labute approximate surface area is 174 Å². The average molecular weight is 380 g/mol. The molecule has 64 valence electrons. The van der Waals surface area contributed by atoms with Crippen LogP contribution in [0.3, 0.4) is 0 Å². The molecule has 10 heteroatoms. The van der Waals surface area contributed by atoms with Crippen LogP contribution in [0.5, 0.6) is 0 Å². The van der Waals surface area contributed by atoms with E-state index in [-0.39, 0.29) is 160 Å². The standard InChI is InChI=1S/4ClH.2K.3H2O.Pd/h4*1H;;;3*1H2;/q;;;;2*+1;;;;+2/p-4. The van der Waals surface area contributed by atoms with E-state index in [1.807, 2.05) is 0 Å². The van der Waals surface area contributed by atoms with E-state index in [1.165, 1.54) is 0 Å². The van der Waals surface area contributed by atoms with Gasteiger partial charge in [0.1, 0.15) is 0 Å². The predicted octanol–water partition coefficient (Wildman–Crippen LogP) is -13.1. The van der Waals surface area contributed by atoms with Gasteiger partial charge in [-0.05, 0) is 0 Å². The smallest absolute Gasteiger partial charge is 1.00 e. The van der Waals surface area contributed by atoms with Crippen molar-refractivity contribution in [3.05, 3.63) is 0 Å². The molecule has 10 heavy (non-hydrogen) atoms. The molecule has 0 amide bonds. The molecule has 3 nitrogen and oxygen atoms in total. The zero-order valence-corrected chi connectivity index (χ0v) is 16.2. The van der Waals surface area contributed by atoms with E-state index in [0.717, 1.165) is 0 Å². The van der Waals surface area contributed by atoms with Crippen LogP contribution in [-0.2, 0) is 15.9 Å². The van der Waals surface area contributed by atoms with Crippen LogP contribution in [0.4, 0.5) is 0 Å². The number of halogens is 4. The third kappa shape index (κ3) is 75.2. The molecular weight excluding hydrogens is 374 g/mol. The molecule has 0 saturated carbocycles. The Hall–Kier alpha value is 4.98. The van der Waals surface area contributed by atoms with Crippen LogP contribution in [0.2, 0.25) is 0 Å². The molecule has 0 aliphatic rings. The normalized spacial score (nSPS) is 2.20. The minimum absolute atomic E-state index is 0. The fourth-order valence-electron chi connectivity index (χ4n) is 0. The van der Waals surface area contributed by atoms with Crippen LogP contribution >= 0.6 is 19.1 Å². The quantitative estimate of drug-likeness (QED) is 0.373. The molecule has 0 saturated heterocycles. The Morgan fingerprint density at radius 3 is 0.700 bits per heavy atom. The molecule has 0 aromatic carbocycles. The molecule has 0 spiro atoms. The maximum Gasteiger partial charge on any atom is 1.00 e. The maximum absolute atomic E-state index is 4.81. The first-order chi connectivity index (χ1) is 1.41. The van der Waals surface area contributed by atoms with Crippen molar-refractivity contribution in [1.29, 1.82) is 0 Å². The van der Waals surface area contributed by atoms with Crippen LogP contribution in [0.25, 0.3) is 0 Å². The maximum atomic E-state index is 4.81. The van der Waals surface area contributed by atoms with E-state index in [9.17, 15) is 0 Å². The van der Waals surface area contributed by atoms with Crippen molar-refractivity contribution in [2.45, 2.75) is 0 Å². The molecule has 0 fully saturated rings. The monoisotopic (exact) mass is 378 g/mol. The Morgan fingerprint density at radius 1 is 0.700 bits per heavy atom. The molecule has 0 bridgehead atoms. The molecule has 0 radical (unpaired) electrons. The third-order valence-electron chi connectivity index (χ3n) is 0. The van der Waals surface area contributed by atoms with Crippen LogP contribution in [-0.4, -0.2) is 16.4 Å². The topological polar surface area (TPSA) is 94.5 Å². The summed E-state index contributed by atoms with van der Waals surface area (Å²) in [6.07, 6.45) is 0. The van der Waals surface area contributed by atoms with Gasteiger partial charge in [-0.15, -0.1) is 0 Å². The van der Waals surface area contributed by atoms with Crippen molar-refractivity contribution in [3.63, 3.8) is 0 Å². The van der Waals surface area contributed by atoms with Gasteiger partial charge in [-0.2, -0.15) is 0 Å². The first-order valence-corrected chi connectivity index (χ1v) is 4.24. The van der Waals surface area contributed by atoms with E-state index >= 15 is 0 Å². The second-order valence-electron chi connectivity index (χ2n) is 0.0452. The largest absolute Gasteiger partial charge is 1.00 e. The Bertz CT molecular complexity index is 18.5. The van der Waals surface area contributed by atoms with Gasteiger partial charge in [-0.25, -0.2) is 0 Å². The second kappa shape index (κ2) is 65.9. The van der Waals surface area contributed by atoms with Crippen molar-refractivity contribution in [3.8, 4) is 0 Å². The summed E-state index contributed by atoms with van der Waals surface area (Å²) < 4.78 is 0. The summed E-state index contributed by atoms with van der Waals surface area (Å²) in [5.74, 6) is 0. The second-order valence-corrected chi connectivity index (χ2v) is 2.41. The minimum atomic E-state index is -0.106. The third-order valence-corrected chi connectivity index (χ3v) is 0. The summed E-state index contributed by atoms with van der Waals surface area (Å²) in [6.45, 7) is 0. The fourth-order valence-corrected chi connectivity index (χ4v) is 0. The van der Waals surface area contributed by atoms with Gasteiger partial charge < -0.3 is 41.2 Å². The number of hydrogen-bond acceptors (Lipinski definition) is 0. The molecular formula is H6Cl4K2O3Pd. The summed E-state index contributed by atoms with van der Waals surface area (Å²) in [6, 6.07) is 0. The molecule has 0 aromatic rings. The van der Waals surface area contributed by atoms with Gasteiger partial charge in [-0.1, -0.05) is 0 Å². The molecule has 0 atom stereocenters. The van der Waals surface area contributed by atoms with Crippen molar-refractivity contribution < 1.29 is 160 Å². The van der Waals surface area contributed by atoms with Crippen LogP contribution in [0.15, 0.2) is 0 Å². The van der Waals surface area contributed by atoms with Crippen LogP contribution in [0, 0.1) is 0 Å². The molecule has 0 unspecified atom stereocenters. The van der Waals surface area contributed by atoms with E-state index in [0.29, 0.717) is 0 Å². The van der Waals surface area contributed by atoms with Crippen LogP contribution in [0.1, 0.15) is 0 Å². The van der Waals surface area contributed by atoms with Gasteiger partial charge in [0.05, 0.1) is 0 Å². The Morgan fingerprint density at radius 2 is 0.700 bits per heavy atom. The van der Waals surface area contributed by atoms with Crippen molar-refractivity contribution >= 4 is 19.1 Å². The predicted molar refractivity (Wildman–Crippen MR) is 22.5 cm³/mol. The molecule has 0 rings (SSSR count). The summed E-state index contributed by atoms with van der Waals surface area (Å²) in [5.41, 5.74) is 0. The van der Waals surface area contributed by atoms with E-state index in [2.05, 4.69) is 0 Å². The fraction of sp³-hybridized carbons (Fsp3) is 0. The first-order valence-electron chi connectivity index (χ1n) is 0.239. The van der Waals surface area contributed by atoms with Gasteiger partial charge in [-0.3, -0.25) is 0 Å². The zero-order valence-electron chi connectivity index (χ0n) is 5.33. The molecule has 0 aromatic heterocycles. The number of rotatable bonds is 0. The zero-order chi connectivity index (χ0) is 2.71. The van der Waals surface area contributed by atoms with E-state index in [4.69, 9.17) is 19.1 Å². The van der Waals surface area contributed by atoms with Gasteiger partial charge in [0.2, 0.25) is 0 Å². The van der Waals surface area contributed by atoms with E-state index < -0.39 is 0 Å². The minimum Gasteiger partial charge on any atom is 1.00 e. The average Bonchev–Trinajstić information content (AvgIpc) is 0.918. The molecule has 6 N–H and O–H groups in total. The van der Waals surface area contributed by atoms with Crippen molar-refractivity contribution in [2.24, 2.45) is 0 Å². The molecule has 0 aliphatic carbocycles. The molecule has 0 aliphatic heterocycles. The summed E-state index contributed by atoms with van der Waals surface area (Å²) in [5, 5.41) is 0. The Balaban J connectivity index is -0.000000000952. The Kier molecular flexibility index (Phi) is 396. The summed E-state index contributed by atoms with van der Waals surface area (Å²) in [7, 11) is 9.63. The van der Waals surface area contributed by atoms with Crippen molar-refractivity contribution in [2.75, 3.05) is 0 Å². The van der Waals surface area contributed by atoms with Crippen molar-refractivity contribution in [1.82, 2.24) is 0 Å². The molecule has 0 heterocycles. The van der Waals surface area contributed by atoms with Gasteiger partial charge in [0.25, 0.3) is 0 Å². The number of hydrogen-bond donors (Lipinski definition) is 0. The van der Waals surface area contributed by atoms with Gasteiger partial charge >= 0.3 is 138 Å². The summed E-state index contributed by atoms with van der Waals surface area (Å²) in [4.78, 5) is 0. The van der Waals surface area contributed by atoms with Gasteiger partial charge in [0.15, 0.2) is 0 Å². The van der Waals surface area contributed by atoms with Crippen LogP contribution < -0.4 is 128 Å². The van der Waals surface area contributed by atoms with Gasteiger partial charge in [0, 0.05) is 0 Å².